The molecule has 0 bridgehead atoms. The minimum atomic E-state index is 0.0199. The van der Waals surface area contributed by atoms with Gasteiger partial charge in [0.15, 0.2) is 0 Å². The molecule has 20 heavy (non-hydrogen) atoms. The number of nitrogens with two attached hydrogens (primary N) is 1. The van der Waals surface area contributed by atoms with Crippen LogP contribution >= 0.6 is 0 Å². The monoisotopic (exact) mass is 274 g/mol. The summed E-state index contributed by atoms with van der Waals surface area (Å²) in [7, 11) is 0. The lowest BCUT2D eigenvalue weighted by molar-refractivity contribution is 0.0980. The first-order valence-corrected chi connectivity index (χ1v) is 8.00. The van der Waals surface area contributed by atoms with Crippen LogP contribution in [0.25, 0.3) is 0 Å². The summed E-state index contributed by atoms with van der Waals surface area (Å²) in [5.74, 6) is 0. The van der Waals surface area contributed by atoms with E-state index in [9.17, 15) is 0 Å². The molecule has 1 aliphatic rings. The van der Waals surface area contributed by atoms with Gasteiger partial charge >= 0.3 is 0 Å². The first kappa shape index (κ1) is 15.5. The van der Waals surface area contributed by atoms with Crippen molar-refractivity contribution in [2.45, 2.75) is 65.0 Å². The maximum atomic E-state index is 6.63. The molecule has 0 amide bonds. The largest absolute Gasteiger partial charge is 0.322 e. The summed E-state index contributed by atoms with van der Waals surface area (Å²) >= 11 is 0. The Bertz CT molecular complexity index is 443. The molecule has 1 heterocycles. The van der Waals surface area contributed by atoms with Gasteiger partial charge in [0, 0.05) is 11.6 Å². The standard InChI is InChI=1S/C18H30N2/c1-14-9-10-16(13-15(14)2)17(19)18(3,4)20-11-7-5-6-8-12-20/h9-10,13,17H,5-8,11-12,19H2,1-4H3. The lowest BCUT2D eigenvalue weighted by Gasteiger charge is -2.42. The van der Waals surface area contributed by atoms with Crippen molar-refractivity contribution in [2.75, 3.05) is 13.1 Å². The van der Waals surface area contributed by atoms with E-state index in [-0.39, 0.29) is 11.6 Å². The predicted molar refractivity (Wildman–Crippen MR) is 87.0 cm³/mol. The number of likely N-dealkylation sites (tertiary alicyclic amines) is 1. The number of hydrogen-bond donors (Lipinski definition) is 1. The zero-order valence-electron chi connectivity index (χ0n) is 13.6. The van der Waals surface area contributed by atoms with Crippen LogP contribution in [0, 0.1) is 13.8 Å². The van der Waals surface area contributed by atoms with E-state index in [0.717, 1.165) is 0 Å². The fourth-order valence-corrected chi connectivity index (χ4v) is 3.21. The summed E-state index contributed by atoms with van der Waals surface area (Å²) in [6.07, 6.45) is 5.35. The van der Waals surface area contributed by atoms with Crippen LogP contribution in [0.15, 0.2) is 18.2 Å². The van der Waals surface area contributed by atoms with Crippen molar-refractivity contribution in [3.63, 3.8) is 0 Å². The number of hydrogen-bond acceptors (Lipinski definition) is 2. The summed E-state index contributed by atoms with van der Waals surface area (Å²) in [6, 6.07) is 6.73. The third-order valence-electron chi connectivity index (χ3n) is 5.07. The van der Waals surface area contributed by atoms with E-state index in [1.165, 1.54) is 55.5 Å². The van der Waals surface area contributed by atoms with Crippen molar-refractivity contribution in [3.05, 3.63) is 34.9 Å². The van der Waals surface area contributed by atoms with E-state index < -0.39 is 0 Å². The highest BCUT2D eigenvalue weighted by atomic mass is 15.2. The quantitative estimate of drug-likeness (QED) is 0.904. The minimum absolute atomic E-state index is 0.0199. The fourth-order valence-electron chi connectivity index (χ4n) is 3.21. The van der Waals surface area contributed by atoms with Crippen LogP contribution in [-0.2, 0) is 0 Å². The van der Waals surface area contributed by atoms with Crippen molar-refractivity contribution in [1.29, 1.82) is 0 Å². The van der Waals surface area contributed by atoms with Crippen LogP contribution in [0.1, 0.15) is 62.3 Å². The molecule has 112 valence electrons. The highest BCUT2D eigenvalue weighted by Crippen LogP contribution is 2.31. The summed E-state index contributed by atoms with van der Waals surface area (Å²) < 4.78 is 0. The van der Waals surface area contributed by atoms with Crippen molar-refractivity contribution < 1.29 is 0 Å². The average molecular weight is 274 g/mol. The molecule has 1 saturated heterocycles. The smallest absolute Gasteiger partial charge is 0.0476 e. The van der Waals surface area contributed by atoms with E-state index in [2.05, 4.69) is 50.8 Å². The van der Waals surface area contributed by atoms with Crippen LogP contribution in [0.5, 0.6) is 0 Å². The van der Waals surface area contributed by atoms with Gasteiger partial charge in [-0.15, -0.1) is 0 Å². The second kappa shape index (κ2) is 6.28. The van der Waals surface area contributed by atoms with Gasteiger partial charge in [-0.05, 0) is 70.3 Å². The zero-order valence-corrected chi connectivity index (χ0v) is 13.6. The number of aryl methyl sites for hydroxylation is 2. The first-order valence-electron chi connectivity index (χ1n) is 8.00. The lowest BCUT2D eigenvalue weighted by atomic mass is 9.86. The SMILES string of the molecule is Cc1ccc(C(N)C(C)(C)N2CCCCCC2)cc1C. The third kappa shape index (κ3) is 3.24. The summed E-state index contributed by atoms with van der Waals surface area (Å²) in [5, 5.41) is 0. The Morgan fingerprint density at radius 1 is 1.00 bits per heavy atom. The van der Waals surface area contributed by atoms with Gasteiger partial charge in [0.05, 0.1) is 0 Å². The molecule has 2 rings (SSSR count). The molecule has 0 radical (unpaired) electrons. The van der Waals surface area contributed by atoms with Gasteiger partial charge in [0.2, 0.25) is 0 Å². The highest BCUT2D eigenvalue weighted by Gasteiger charge is 2.34. The number of rotatable bonds is 3. The molecule has 1 unspecified atom stereocenters. The molecule has 0 aromatic heterocycles. The van der Waals surface area contributed by atoms with E-state index >= 15 is 0 Å². The lowest BCUT2D eigenvalue weighted by Crippen LogP contribution is -2.51. The second-order valence-electron chi connectivity index (χ2n) is 6.88. The van der Waals surface area contributed by atoms with Gasteiger partial charge < -0.3 is 5.73 Å². The van der Waals surface area contributed by atoms with Crippen molar-refractivity contribution >= 4 is 0 Å². The Hall–Kier alpha value is -0.860. The highest BCUT2D eigenvalue weighted by molar-refractivity contribution is 5.33. The Labute approximate surface area is 124 Å². The number of nitrogens with zero attached hydrogens (tertiary/aromatic N) is 1. The molecule has 2 heteroatoms. The minimum Gasteiger partial charge on any atom is -0.322 e. The second-order valence-corrected chi connectivity index (χ2v) is 6.88. The molecule has 2 nitrogen and oxygen atoms in total. The van der Waals surface area contributed by atoms with Crippen LogP contribution in [-0.4, -0.2) is 23.5 Å². The van der Waals surface area contributed by atoms with Gasteiger partial charge in [-0.25, -0.2) is 0 Å². The molecular weight excluding hydrogens is 244 g/mol. The Morgan fingerprint density at radius 3 is 2.15 bits per heavy atom. The predicted octanol–water partition coefficient (Wildman–Crippen LogP) is 3.96. The summed E-state index contributed by atoms with van der Waals surface area (Å²) in [5.41, 5.74) is 10.6. The molecule has 0 saturated carbocycles. The van der Waals surface area contributed by atoms with Gasteiger partial charge in [0.25, 0.3) is 0 Å². The normalized spacial score (nSPS) is 19.6. The Balaban J connectivity index is 2.20. The summed E-state index contributed by atoms with van der Waals surface area (Å²) in [4.78, 5) is 2.60. The average Bonchev–Trinajstić information content (AvgIpc) is 2.70. The van der Waals surface area contributed by atoms with Crippen molar-refractivity contribution in [3.8, 4) is 0 Å². The molecule has 0 aliphatic carbocycles. The fraction of sp³-hybridized carbons (Fsp3) is 0.667. The van der Waals surface area contributed by atoms with Crippen LogP contribution in [0.2, 0.25) is 0 Å². The molecule has 1 atom stereocenters. The van der Waals surface area contributed by atoms with Crippen molar-refractivity contribution in [2.24, 2.45) is 5.73 Å². The summed E-state index contributed by atoms with van der Waals surface area (Å²) in [6.45, 7) is 11.3. The van der Waals surface area contributed by atoms with E-state index in [0.29, 0.717) is 0 Å². The molecule has 1 aliphatic heterocycles. The van der Waals surface area contributed by atoms with Crippen molar-refractivity contribution in [1.82, 2.24) is 4.90 Å². The third-order valence-corrected chi connectivity index (χ3v) is 5.07. The molecule has 1 aromatic carbocycles. The van der Waals surface area contributed by atoms with Crippen LogP contribution in [0.3, 0.4) is 0 Å². The maximum absolute atomic E-state index is 6.63. The van der Waals surface area contributed by atoms with E-state index in [1.807, 2.05) is 0 Å². The Kier molecular flexibility index (Phi) is 4.87. The van der Waals surface area contributed by atoms with Gasteiger partial charge in [-0.1, -0.05) is 31.0 Å². The van der Waals surface area contributed by atoms with Gasteiger partial charge in [-0.2, -0.15) is 0 Å². The molecule has 0 spiro atoms. The molecular formula is C18H30N2. The van der Waals surface area contributed by atoms with Crippen LogP contribution in [0.4, 0.5) is 0 Å². The molecule has 1 aromatic rings. The molecule has 1 fully saturated rings. The van der Waals surface area contributed by atoms with E-state index in [1.54, 1.807) is 0 Å². The topological polar surface area (TPSA) is 29.3 Å². The zero-order chi connectivity index (χ0) is 14.8. The van der Waals surface area contributed by atoms with Crippen LogP contribution < -0.4 is 5.73 Å². The maximum Gasteiger partial charge on any atom is 0.0476 e. The van der Waals surface area contributed by atoms with Gasteiger partial charge in [0.1, 0.15) is 0 Å². The van der Waals surface area contributed by atoms with Gasteiger partial charge in [-0.3, -0.25) is 4.90 Å². The number of benzene rings is 1. The van der Waals surface area contributed by atoms with E-state index in [4.69, 9.17) is 5.73 Å². The first-order chi connectivity index (χ1) is 9.43. The molecule has 2 N–H and O–H groups in total. The Morgan fingerprint density at radius 2 is 1.60 bits per heavy atom.